The molecule has 0 aromatic rings. The molecule has 1 atom stereocenters. The molecule has 0 N–H and O–H groups in total. The molecule has 92 valence electrons. The maximum absolute atomic E-state index is 2.38. The summed E-state index contributed by atoms with van der Waals surface area (Å²) in [5.41, 5.74) is 3.23. The van der Waals surface area contributed by atoms with Crippen LogP contribution in [-0.2, 0) is 0 Å². The van der Waals surface area contributed by atoms with Crippen LogP contribution >= 0.6 is 0 Å². The first-order valence-electron chi connectivity index (χ1n) is 7.06. The lowest BCUT2D eigenvalue weighted by atomic mass is 9.80. The minimum absolute atomic E-state index is 0.910. The summed E-state index contributed by atoms with van der Waals surface area (Å²) in [7, 11) is 0. The van der Waals surface area contributed by atoms with Gasteiger partial charge in [-0.3, -0.25) is 0 Å². The SMILES string of the molecule is CCC(CC)C(CC)CC1=CC=C(C)CC1. The molecule has 0 amide bonds. The van der Waals surface area contributed by atoms with Gasteiger partial charge in [0.2, 0.25) is 0 Å². The molecule has 1 aliphatic rings. The fraction of sp³-hybridized carbons (Fsp3) is 0.750. The second-order valence-corrected chi connectivity index (χ2v) is 5.29. The maximum Gasteiger partial charge on any atom is -0.0280 e. The van der Waals surface area contributed by atoms with E-state index in [1.54, 1.807) is 11.1 Å². The third-order valence-corrected chi connectivity index (χ3v) is 4.21. The highest BCUT2D eigenvalue weighted by Crippen LogP contribution is 2.31. The van der Waals surface area contributed by atoms with Gasteiger partial charge in [0.1, 0.15) is 0 Å². The van der Waals surface area contributed by atoms with Gasteiger partial charge in [-0.25, -0.2) is 0 Å². The lowest BCUT2D eigenvalue weighted by molar-refractivity contribution is 0.299. The summed E-state index contributed by atoms with van der Waals surface area (Å²) in [6.07, 6.45) is 12.7. The van der Waals surface area contributed by atoms with Gasteiger partial charge in [0.15, 0.2) is 0 Å². The van der Waals surface area contributed by atoms with Crippen molar-refractivity contribution in [2.24, 2.45) is 11.8 Å². The number of rotatable bonds is 6. The Morgan fingerprint density at radius 3 is 2.00 bits per heavy atom. The zero-order chi connectivity index (χ0) is 12.0. The average molecular weight is 220 g/mol. The molecule has 0 nitrogen and oxygen atoms in total. The van der Waals surface area contributed by atoms with Gasteiger partial charge in [-0.15, -0.1) is 0 Å². The van der Waals surface area contributed by atoms with Crippen molar-refractivity contribution in [3.05, 3.63) is 23.3 Å². The second-order valence-electron chi connectivity index (χ2n) is 5.29. The molecule has 1 unspecified atom stereocenters. The van der Waals surface area contributed by atoms with Gasteiger partial charge in [-0.1, -0.05) is 63.3 Å². The van der Waals surface area contributed by atoms with E-state index >= 15 is 0 Å². The third-order valence-electron chi connectivity index (χ3n) is 4.21. The van der Waals surface area contributed by atoms with Crippen LogP contribution in [0.2, 0.25) is 0 Å². The van der Waals surface area contributed by atoms with Crippen LogP contribution < -0.4 is 0 Å². The Balaban J connectivity index is 2.56. The minimum Gasteiger partial charge on any atom is -0.0730 e. The Morgan fingerprint density at radius 2 is 1.56 bits per heavy atom. The van der Waals surface area contributed by atoms with E-state index in [0.29, 0.717) is 0 Å². The average Bonchev–Trinajstić information content (AvgIpc) is 2.32. The van der Waals surface area contributed by atoms with Gasteiger partial charge in [0, 0.05) is 0 Å². The van der Waals surface area contributed by atoms with Crippen molar-refractivity contribution in [1.82, 2.24) is 0 Å². The highest BCUT2D eigenvalue weighted by molar-refractivity contribution is 5.23. The van der Waals surface area contributed by atoms with E-state index < -0.39 is 0 Å². The molecular weight excluding hydrogens is 192 g/mol. The first-order valence-corrected chi connectivity index (χ1v) is 7.06. The number of allylic oxidation sites excluding steroid dienone is 4. The van der Waals surface area contributed by atoms with Crippen LogP contribution in [-0.4, -0.2) is 0 Å². The topological polar surface area (TPSA) is 0 Å². The van der Waals surface area contributed by atoms with Crippen LogP contribution in [0.25, 0.3) is 0 Å². The molecule has 0 spiro atoms. The zero-order valence-electron chi connectivity index (χ0n) is 11.6. The molecule has 1 rings (SSSR count). The first-order chi connectivity index (χ1) is 7.71. The molecular formula is C16H28. The number of hydrogen-bond acceptors (Lipinski definition) is 0. The highest BCUT2D eigenvalue weighted by Gasteiger charge is 2.18. The Morgan fingerprint density at radius 1 is 0.938 bits per heavy atom. The lowest BCUT2D eigenvalue weighted by Crippen LogP contribution is -2.14. The zero-order valence-corrected chi connectivity index (χ0v) is 11.6. The standard InChI is InChI=1S/C16H28/c1-5-15(6-2)16(7-3)12-14-10-8-13(4)9-11-14/h8,10,15-16H,5-7,9,11-12H2,1-4H3. The Kier molecular flexibility index (Phi) is 5.87. The highest BCUT2D eigenvalue weighted by atomic mass is 14.2. The Labute approximate surface area is 102 Å². The van der Waals surface area contributed by atoms with Crippen molar-refractivity contribution in [2.75, 3.05) is 0 Å². The summed E-state index contributed by atoms with van der Waals surface area (Å²) >= 11 is 0. The van der Waals surface area contributed by atoms with Crippen LogP contribution in [0.4, 0.5) is 0 Å². The van der Waals surface area contributed by atoms with E-state index in [1.807, 2.05) is 0 Å². The smallest absolute Gasteiger partial charge is 0.0280 e. The molecule has 0 bridgehead atoms. The van der Waals surface area contributed by atoms with Gasteiger partial charge in [-0.2, -0.15) is 0 Å². The third kappa shape index (κ3) is 3.81. The maximum atomic E-state index is 2.38. The monoisotopic (exact) mass is 220 g/mol. The molecule has 0 saturated heterocycles. The lowest BCUT2D eigenvalue weighted by Gasteiger charge is -2.26. The van der Waals surface area contributed by atoms with Crippen LogP contribution in [0.1, 0.15) is 66.2 Å². The molecule has 0 aromatic heterocycles. The summed E-state index contributed by atoms with van der Waals surface area (Å²) in [6, 6.07) is 0. The van der Waals surface area contributed by atoms with Crippen molar-refractivity contribution in [3.63, 3.8) is 0 Å². The van der Waals surface area contributed by atoms with Gasteiger partial charge < -0.3 is 0 Å². The van der Waals surface area contributed by atoms with Gasteiger partial charge in [0.05, 0.1) is 0 Å². The van der Waals surface area contributed by atoms with Crippen LogP contribution in [0.15, 0.2) is 23.3 Å². The molecule has 0 heterocycles. The molecule has 0 aliphatic heterocycles. The largest absolute Gasteiger partial charge is 0.0730 e. The summed E-state index contributed by atoms with van der Waals surface area (Å²) in [5, 5.41) is 0. The van der Waals surface area contributed by atoms with E-state index in [-0.39, 0.29) is 0 Å². The van der Waals surface area contributed by atoms with Gasteiger partial charge in [-0.05, 0) is 38.0 Å². The van der Waals surface area contributed by atoms with Crippen LogP contribution in [0, 0.1) is 11.8 Å². The molecule has 0 heteroatoms. The summed E-state index contributed by atoms with van der Waals surface area (Å²) in [4.78, 5) is 0. The summed E-state index contributed by atoms with van der Waals surface area (Å²) < 4.78 is 0. The van der Waals surface area contributed by atoms with E-state index in [9.17, 15) is 0 Å². The molecule has 0 saturated carbocycles. The Hall–Kier alpha value is -0.520. The van der Waals surface area contributed by atoms with E-state index in [0.717, 1.165) is 11.8 Å². The predicted octanol–water partition coefficient (Wildman–Crippen LogP) is 5.51. The first kappa shape index (κ1) is 13.5. The second kappa shape index (κ2) is 6.93. The van der Waals surface area contributed by atoms with Gasteiger partial charge >= 0.3 is 0 Å². The Bertz CT molecular complexity index is 253. The molecule has 1 aliphatic carbocycles. The van der Waals surface area contributed by atoms with Crippen LogP contribution in [0.3, 0.4) is 0 Å². The minimum atomic E-state index is 0.910. The number of hydrogen-bond donors (Lipinski definition) is 0. The van der Waals surface area contributed by atoms with Crippen molar-refractivity contribution in [2.45, 2.75) is 66.2 Å². The van der Waals surface area contributed by atoms with Crippen molar-refractivity contribution in [1.29, 1.82) is 0 Å². The quantitative estimate of drug-likeness (QED) is 0.554. The van der Waals surface area contributed by atoms with Crippen molar-refractivity contribution >= 4 is 0 Å². The molecule has 0 radical (unpaired) electrons. The van der Waals surface area contributed by atoms with Crippen molar-refractivity contribution in [3.8, 4) is 0 Å². The van der Waals surface area contributed by atoms with Gasteiger partial charge in [0.25, 0.3) is 0 Å². The fourth-order valence-electron chi connectivity index (χ4n) is 2.89. The molecule has 16 heavy (non-hydrogen) atoms. The molecule has 0 fully saturated rings. The normalized spacial score (nSPS) is 18.3. The summed E-state index contributed by atoms with van der Waals surface area (Å²) in [5.74, 6) is 1.84. The molecule has 0 aromatic carbocycles. The predicted molar refractivity (Wildman–Crippen MR) is 73.5 cm³/mol. The fourth-order valence-corrected chi connectivity index (χ4v) is 2.89. The summed E-state index contributed by atoms with van der Waals surface area (Å²) in [6.45, 7) is 9.28. The van der Waals surface area contributed by atoms with E-state index in [4.69, 9.17) is 0 Å². The van der Waals surface area contributed by atoms with E-state index in [1.165, 1.54) is 38.5 Å². The van der Waals surface area contributed by atoms with Crippen LogP contribution in [0.5, 0.6) is 0 Å². The van der Waals surface area contributed by atoms with Crippen molar-refractivity contribution < 1.29 is 0 Å². The van der Waals surface area contributed by atoms with E-state index in [2.05, 4.69) is 39.8 Å².